The van der Waals surface area contributed by atoms with E-state index in [9.17, 15) is 28.3 Å². The standard InChI is InChI=1S/C25H19F2N3O4/c26-18-7-5-16(6-8-18)15-1-3-17(4-2-15)21(14-24(32)33)28-25(34)22-13-23(31)30(29-22)20-11-9-19(27)10-12-20/h1-13,21,29H,14H2,(H,28,34)(H,32,33). The second-order valence-electron chi connectivity index (χ2n) is 7.57. The molecule has 0 aliphatic carbocycles. The van der Waals surface area contributed by atoms with Crippen LogP contribution in [0.2, 0.25) is 0 Å². The molecule has 4 rings (SSSR count). The molecule has 0 radical (unpaired) electrons. The second kappa shape index (κ2) is 9.53. The quantitative estimate of drug-likeness (QED) is 0.385. The first-order valence-corrected chi connectivity index (χ1v) is 10.3. The van der Waals surface area contributed by atoms with E-state index in [2.05, 4.69) is 10.4 Å². The Hall–Kier alpha value is -4.53. The van der Waals surface area contributed by atoms with Crippen LogP contribution in [0.15, 0.2) is 83.7 Å². The van der Waals surface area contributed by atoms with Crippen molar-refractivity contribution in [1.82, 2.24) is 15.1 Å². The van der Waals surface area contributed by atoms with Gasteiger partial charge in [0, 0.05) is 6.07 Å². The molecule has 0 aliphatic rings. The minimum atomic E-state index is -1.12. The third-order valence-electron chi connectivity index (χ3n) is 5.22. The molecule has 1 heterocycles. The number of halogens is 2. The van der Waals surface area contributed by atoms with Crippen molar-refractivity contribution < 1.29 is 23.5 Å². The molecule has 0 spiro atoms. The lowest BCUT2D eigenvalue weighted by atomic mass is 9.99. The molecule has 1 atom stereocenters. The van der Waals surface area contributed by atoms with Crippen molar-refractivity contribution in [2.45, 2.75) is 12.5 Å². The number of carbonyl (C=O) groups is 2. The Morgan fingerprint density at radius 1 is 0.882 bits per heavy atom. The highest BCUT2D eigenvalue weighted by Gasteiger charge is 2.21. The molecule has 0 saturated carbocycles. The number of H-pyrrole nitrogens is 1. The molecule has 9 heteroatoms. The number of carboxylic acid groups (broad SMARTS) is 1. The van der Waals surface area contributed by atoms with Gasteiger partial charge in [-0.15, -0.1) is 0 Å². The monoisotopic (exact) mass is 463 g/mol. The van der Waals surface area contributed by atoms with E-state index in [0.29, 0.717) is 11.3 Å². The highest BCUT2D eigenvalue weighted by Crippen LogP contribution is 2.24. The lowest BCUT2D eigenvalue weighted by Crippen LogP contribution is -2.30. The van der Waals surface area contributed by atoms with Gasteiger partial charge in [-0.2, -0.15) is 0 Å². The van der Waals surface area contributed by atoms with Crippen molar-refractivity contribution in [3.05, 3.63) is 112 Å². The Bertz CT molecular complexity index is 1380. The third-order valence-corrected chi connectivity index (χ3v) is 5.22. The largest absolute Gasteiger partial charge is 0.481 e. The number of nitrogens with zero attached hydrogens (tertiary/aromatic N) is 1. The van der Waals surface area contributed by atoms with E-state index < -0.39 is 29.3 Å². The highest BCUT2D eigenvalue weighted by atomic mass is 19.1. The minimum absolute atomic E-state index is 0.0763. The molecule has 1 amide bonds. The van der Waals surface area contributed by atoms with Crippen LogP contribution in [0.1, 0.15) is 28.5 Å². The number of hydrogen-bond acceptors (Lipinski definition) is 3. The van der Waals surface area contributed by atoms with Crippen molar-refractivity contribution in [3.63, 3.8) is 0 Å². The molecular weight excluding hydrogens is 444 g/mol. The van der Waals surface area contributed by atoms with Gasteiger partial charge in [0.15, 0.2) is 0 Å². The molecule has 1 unspecified atom stereocenters. The van der Waals surface area contributed by atoms with Gasteiger partial charge < -0.3 is 10.4 Å². The zero-order valence-corrected chi connectivity index (χ0v) is 17.7. The fourth-order valence-corrected chi connectivity index (χ4v) is 3.51. The molecule has 0 saturated heterocycles. The average molecular weight is 463 g/mol. The van der Waals surface area contributed by atoms with Gasteiger partial charge in [0.05, 0.1) is 18.2 Å². The molecule has 34 heavy (non-hydrogen) atoms. The van der Waals surface area contributed by atoms with E-state index >= 15 is 0 Å². The Labute approximate surface area is 192 Å². The van der Waals surface area contributed by atoms with E-state index in [1.165, 1.54) is 36.4 Å². The van der Waals surface area contributed by atoms with Gasteiger partial charge in [-0.05, 0) is 53.1 Å². The van der Waals surface area contributed by atoms with Crippen molar-refractivity contribution in [2.75, 3.05) is 0 Å². The van der Waals surface area contributed by atoms with Gasteiger partial charge in [0.2, 0.25) is 0 Å². The van der Waals surface area contributed by atoms with E-state index in [-0.39, 0.29) is 17.9 Å². The number of nitrogens with one attached hydrogen (secondary N) is 2. The van der Waals surface area contributed by atoms with E-state index in [1.54, 1.807) is 36.4 Å². The normalized spacial score (nSPS) is 11.7. The SMILES string of the molecule is O=C(O)CC(NC(=O)c1cc(=O)n(-c2ccc(F)cc2)[nH]1)c1ccc(-c2ccc(F)cc2)cc1. The molecule has 7 nitrogen and oxygen atoms in total. The Morgan fingerprint density at radius 2 is 1.41 bits per heavy atom. The van der Waals surface area contributed by atoms with E-state index in [1.807, 2.05) is 0 Å². The number of hydrogen-bond donors (Lipinski definition) is 3. The zero-order valence-electron chi connectivity index (χ0n) is 17.7. The van der Waals surface area contributed by atoms with Crippen molar-refractivity contribution in [1.29, 1.82) is 0 Å². The minimum Gasteiger partial charge on any atom is -0.481 e. The van der Waals surface area contributed by atoms with Crippen LogP contribution in [0, 0.1) is 11.6 Å². The molecular formula is C25H19F2N3O4. The summed E-state index contributed by atoms with van der Waals surface area (Å²) in [6.07, 6.45) is -0.384. The van der Waals surface area contributed by atoms with Gasteiger partial charge in [-0.3, -0.25) is 19.5 Å². The maximum Gasteiger partial charge on any atom is 0.305 e. The van der Waals surface area contributed by atoms with Crippen LogP contribution in [0.3, 0.4) is 0 Å². The van der Waals surface area contributed by atoms with Crippen LogP contribution in [0.5, 0.6) is 0 Å². The summed E-state index contributed by atoms with van der Waals surface area (Å²) in [6.45, 7) is 0. The van der Waals surface area contributed by atoms with Gasteiger partial charge in [0.1, 0.15) is 17.3 Å². The number of aliphatic carboxylic acids is 1. The van der Waals surface area contributed by atoms with Crippen LogP contribution in [0.4, 0.5) is 8.78 Å². The van der Waals surface area contributed by atoms with E-state index in [0.717, 1.165) is 21.9 Å². The summed E-state index contributed by atoms with van der Waals surface area (Å²) in [4.78, 5) is 36.5. The predicted octanol–water partition coefficient (Wildman–Crippen LogP) is 4.06. The van der Waals surface area contributed by atoms with Gasteiger partial charge in [0.25, 0.3) is 11.5 Å². The Balaban J connectivity index is 1.55. The number of carboxylic acids is 1. The van der Waals surface area contributed by atoms with Crippen LogP contribution in [0.25, 0.3) is 16.8 Å². The summed E-state index contributed by atoms with van der Waals surface area (Å²) in [7, 11) is 0. The fraction of sp³-hybridized carbons (Fsp3) is 0.0800. The molecule has 4 aromatic rings. The first-order valence-electron chi connectivity index (χ1n) is 10.3. The summed E-state index contributed by atoms with van der Waals surface area (Å²) in [5, 5.41) is 14.6. The molecule has 172 valence electrons. The van der Waals surface area contributed by atoms with Crippen molar-refractivity contribution >= 4 is 11.9 Å². The first kappa shape index (κ1) is 22.7. The van der Waals surface area contributed by atoms with Crippen molar-refractivity contribution in [3.8, 4) is 16.8 Å². The lowest BCUT2D eigenvalue weighted by Gasteiger charge is -2.17. The summed E-state index contributed by atoms with van der Waals surface area (Å²) in [5.41, 5.74) is 1.85. The number of rotatable bonds is 7. The molecule has 0 aliphatic heterocycles. The molecule has 3 aromatic carbocycles. The van der Waals surface area contributed by atoms with Gasteiger partial charge >= 0.3 is 5.97 Å². The number of aromatic amines is 1. The number of amides is 1. The van der Waals surface area contributed by atoms with Crippen LogP contribution >= 0.6 is 0 Å². The molecule has 0 fully saturated rings. The van der Waals surface area contributed by atoms with Crippen molar-refractivity contribution in [2.24, 2.45) is 0 Å². The lowest BCUT2D eigenvalue weighted by molar-refractivity contribution is -0.137. The summed E-state index contributed by atoms with van der Waals surface area (Å²) in [5.74, 6) is -2.61. The third kappa shape index (κ3) is 5.09. The number of benzene rings is 3. The predicted molar refractivity (Wildman–Crippen MR) is 121 cm³/mol. The van der Waals surface area contributed by atoms with E-state index in [4.69, 9.17) is 0 Å². The molecule has 3 N–H and O–H groups in total. The summed E-state index contributed by atoms with van der Waals surface area (Å²) >= 11 is 0. The van der Waals surface area contributed by atoms with Crippen LogP contribution < -0.4 is 10.9 Å². The Morgan fingerprint density at radius 3 is 1.97 bits per heavy atom. The van der Waals surface area contributed by atoms with Crippen LogP contribution in [-0.4, -0.2) is 26.8 Å². The molecule has 0 bridgehead atoms. The van der Waals surface area contributed by atoms with Crippen LogP contribution in [-0.2, 0) is 4.79 Å². The zero-order chi connectivity index (χ0) is 24.2. The van der Waals surface area contributed by atoms with Gasteiger partial charge in [-0.1, -0.05) is 36.4 Å². The topological polar surface area (TPSA) is 104 Å². The maximum absolute atomic E-state index is 13.2. The second-order valence-corrected chi connectivity index (χ2v) is 7.57. The average Bonchev–Trinajstić information content (AvgIpc) is 3.21. The maximum atomic E-state index is 13.2. The highest BCUT2D eigenvalue weighted by molar-refractivity contribution is 5.92. The first-order chi connectivity index (χ1) is 16.3. The summed E-state index contributed by atoms with van der Waals surface area (Å²) < 4.78 is 27.4. The Kier molecular flexibility index (Phi) is 6.35. The fourth-order valence-electron chi connectivity index (χ4n) is 3.51. The van der Waals surface area contributed by atoms with Gasteiger partial charge in [-0.25, -0.2) is 13.5 Å². The smallest absolute Gasteiger partial charge is 0.305 e. The summed E-state index contributed by atoms with van der Waals surface area (Å²) in [6, 6.07) is 18.1. The number of carbonyl (C=O) groups excluding carboxylic acids is 1. The molecule has 1 aromatic heterocycles. The number of aromatic nitrogens is 2.